The van der Waals surface area contributed by atoms with Crippen LogP contribution in [0.4, 0.5) is 4.39 Å². The van der Waals surface area contributed by atoms with Gasteiger partial charge in [0.25, 0.3) is 0 Å². The maximum atomic E-state index is 14.7. The molecule has 2 aromatic carbocycles. The van der Waals surface area contributed by atoms with Crippen LogP contribution in [0.15, 0.2) is 54.7 Å². The molecule has 1 atom stereocenters. The van der Waals surface area contributed by atoms with Gasteiger partial charge in [-0.25, -0.2) is 9.37 Å². The van der Waals surface area contributed by atoms with E-state index in [2.05, 4.69) is 47.8 Å². The molecule has 1 unspecified atom stereocenters. The van der Waals surface area contributed by atoms with E-state index in [0.29, 0.717) is 23.7 Å². The number of aromatic nitrogens is 2. The molecular weight excluding hydrogens is 377 g/mol. The summed E-state index contributed by atoms with van der Waals surface area (Å²) in [4.78, 5) is 7.26. The molecule has 0 amide bonds. The van der Waals surface area contributed by atoms with E-state index in [1.165, 1.54) is 11.6 Å². The summed E-state index contributed by atoms with van der Waals surface area (Å²) in [6.45, 7) is 4.27. The van der Waals surface area contributed by atoms with Crippen LogP contribution in [0, 0.1) is 18.7 Å². The van der Waals surface area contributed by atoms with E-state index in [0.717, 1.165) is 37.4 Å². The van der Waals surface area contributed by atoms with E-state index in [1.54, 1.807) is 6.07 Å². The van der Waals surface area contributed by atoms with E-state index < -0.39 is 0 Å². The predicted molar refractivity (Wildman–Crippen MR) is 118 cm³/mol. The van der Waals surface area contributed by atoms with Gasteiger partial charge >= 0.3 is 0 Å². The molecule has 1 saturated heterocycles. The third kappa shape index (κ3) is 4.47. The van der Waals surface area contributed by atoms with Gasteiger partial charge in [0.2, 0.25) is 0 Å². The molecule has 4 nitrogen and oxygen atoms in total. The van der Waals surface area contributed by atoms with E-state index in [-0.39, 0.29) is 11.9 Å². The first-order chi connectivity index (χ1) is 14.5. The first-order valence-corrected chi connectivity index (χ1v) is 10.6. The molecule has 0 N–H and O–H groups in total. The largest absolute Gasteiger partial charge is 0.381 e. The summed E-state index contributed by atoms with van der Waals surface area (Å²) in [6, 6.07) is 15.7. The standard InChI is InChI=1S/C25H30FN3O/c1-18-9-10-22(26)21(15-18)23-17-29(16-19-7-5-4-6-8-19)25(27-23)24(28(2)3)20-11-13-30-14-12-20/h4-10,15,17,20,24H,11-14,16H2,1-3H3. The van der Waals surface area contributed by atoms with Crippen molar-refractivity contribution in [1.29, 1.82) is 0 Å². The van der Waals surface area contributed by atoms with Crippen LogP contribution in [0.1, 0.15) is 35.8 Å². The van der Waals surface area contributed by atoms with Crippen molar-refractivity contribution in [3.05, 3.63) is 77.5 Å². The van der Waals surface area contributed by atoms with Gasteiger partial charge in [0.1, 0.15) is 11.6 Å². The van der Waals surface area contributed by atoms with Crippen LogP contribution < -0.4 is 0 Å². The summed E-state index contributed by atoms with van der Waals surface area (Å²) < 4.78 is 22.5. The number of benzene rings is 2. The molecule has 5 heteroatoms. The van der Waals surface area contributed by atoms with Gasteiger partial charge < -0.3 is 9.30 Å². The second-order valence-electron chi connectivity index (χ2n) is 8.44. The summed E-state index contributed by atoms with van der Waals surface area (Å²) in [7, 11) is 4.21. The van der Waals surface area contributed by atoms with Gasteiger partial charge in [-0.3, -0.25) is 4.90 Å². The Kier molecular flexibility index (Phi) is 6.30. The number of imidazole rings is 1. The van der Waals surface area contributed by atoms with Gasteiger partial charge in [-0.2, -0.15) is 0 Å². The number of ether oxygens (including phenoxy) is 1. The Morgan fingerprint density at radius 3 is 2.57 bits per heavy atom. The number of hydrogen-bond donors (Lipinski definition) is 0. The molecule has 1 aliphatic rings. The molecule has 2 heterocycles. The van der Waals surface area contributed by atoms with Gasteiger partial charge in [0.05, 0.1) is 11.7 Å². The molecule has 0 bridgehead atoms. The second-order valence-corrected chi connectivity index (χ2v) is 8.44. The summed E-state index contributed by atoms with van der Waals surface area (Å²) in [5, 5.41) is 0. The van der Waals surface area contributed by atoms with E-state index in [9.17, 15) is 4.39 Å². The summed E-state index contributed by atoms with van der Waals surface area (Å²) in [5.74, 6) is 1.22. The molecule has 0 aliphatic carbocycles. The average molecular weight is 408 g/mol. The quantitative estimate of drug-likeness (QED) is 0.571. The molecule has 0 spiro atoms. The van der Waals surface area contributed by atoms with Crippen LogP contribution in [0.2, 0.25) is 0 Å². The molecule has 3 aromatic rings. The first kappa shape index (κ1) is 20.8. The second kappa shape index (κ2) is 9.11. The maximum absolute atomic E-state index is 14.7. The van der Waals surface area contributed by atoms with Crippen molar-refractivity contribution in [2.45, 2.75) is 32.4 Å². The third-order valence-corrected chi connectivity index (χ3v) is 5.93. The van der Waals surface area contributed by atoms with Crippen LogP contribution in [-0.2, 0) is 11.3 Å². The fourth-order valence-electron chi connectivity index (χ4n) is 4.43. The monoisotopic (exact) mass is 407 g/mol. The van der Waals surface area contributed by atoms with Gasteiger partial charge in [0, 0.05) is 31.5 Å². The van der Waals surface area contributed by atoms with Crippen LogP contribution in [0.5, 0.6) is 0 Å². The van der Waals surface area contributed by atoms with Crippen LogP contribution in [0.3, 0.4) is 0 Å². The smallest absolute Gasteiger partial charge is 0.132 e. The Balaban J connectivity index is 1.79. The molecule has 4 rings (SSSR count). The Morgan fingerprint density at radius 2 is 1.87 bits per heavy atom. The Hall–Kier alpha value is -2.50. The lowest BCUT2D eigenvalue weighted by Gasteiger charge is -2.34. The lowest BCUT2D eigenvalue weighted by Crippen LogP contribution is -2.33. The first-order valence-electron chi connectivity index (χ1n) is 10.6. The SMILES string of the molecule is Cc1ccc(F)c(-c2cn(Cc3ccccc3)c(C(C3CCOCC3)N(C)C)n2)c1. The third-order valence-electron chi connectivity index (χ3n) is 5.93. The van der Waals surface area contributed by atoms with E-state index in [1.807, 2.05) is 25.3 Å². The zero-order chi connectivity index (χ0) is 21.1. The Bertz CT molecular complexity index is 977. The van der Waals surface area contributed by atoms with Gasteiger partial charge in [-0.1, -0.05) is 42.0 Å². The molecule has 30 heavy (non-hydrogen) atoms. The molecular formula is C25H30FN3O. The summed E-state index contributed by atoms with van der Waals surface area (Å²) in [5.41, 5.74) is 3.49. The minimum Gasteiger partial charge on any atom is -0.381 e. The highest BCUT2D eigenvalue weighted by Gasteiger charge is 2.31. The molecule has 1 fully saturated rings. The molecule has 0 saturated carbocycles. The topological polar surface area (TPSA) is 30.3 Å². The summed E-state index contributed by atoms with van der Waals surface area (Å²) >= 11 is 0. The molecule has 158 valence electrons. The van der Waals surface area contributed by atoms with Crippen molar-refractivity contribution in [3.8, 4) is 11.3 Å². The minimum atomic E-state index is -0.232. The highest BCUT2D eigenvalue weighted by Crippen LogP contribution is 2.35. The highest BCUT2D eigenvalue weighted by atomic mass is 19.1. The number of hydrogen-bond acceptors (Lipinski definition) is 3. The highest BCUT2D eigenvalue weighted by molar-refractivity contribution is 5.60. The average Bonchev–Trinajstić information content (AvgIpc) is 3.14. The number of rotatable bonds is 6. The number of halogens is 1. The zero-order valence-corrected chi connectivity index (χ0v) is 18.0. The molecule has 0 radical (unpaired) electrons. The van der Waals surface area contributed by atoms with E-state index in [4.69, 9.17) is 9.72 Å². The van der Waals surface area contributed by atoms with Crippen molar-refractivity contribution >= 4 is 0 Å². The Labute approximate surface area is 178 Å². The lowest BCUT2D eigenvalue weighted by molar-refractivity contribution is 0.0336. The van der Waals surface area contributed by atoms with Gasteiger partial charge in [0.15, 0.2) is 0 Å². The van der Waals surface area contributed by atoms with Crippen LogP contribution in [-0.4, -0.2) is 41.8 Å². The van der Waals surface area contributed by atoms with E-state index >= 15 is 0 Å². The summed E-state index contributed by atoms with van der Waals surface area (Å²) in [6.07, 6.45) is 4.03. The normalized spacial score (nSPS) is 16.2. The van der Waals surface area contributed by atoms with Gasteiger partial charge in [-0.15, -0.1) is 0 Å². The van der Waals surface area contributed by atoms with Crippen LogP contribution >= 0.6 is 0 Å². The zero-order valence-electron chi connectivity index (χ0n) is 18.0. The fraction of sp³-hybridized carbons (Fsp3) is 0.400. The van der Waals surface area contributed by atoms with Crippen molar-refractivity contribution in [1.82, 2.24) is 14.5 Å². The number of aryl methyl sites for hydroxylation is 1. The van der Waals surface area contributed by atoms with Crippen molar-refractivity contribution in [2.24, 2.45) is 5.92 Å². The van der Waals surface area contributed by atoms with Crippen molar-refractivity contribution in [2.75, 3.05) is 27.3 Å². The lowest BCUT2D eigenvalue weighted by atomic mass is 9.90. The van der Waals surface area contributed by atoms with Gasteiger partial charge in [-0.05, 0) is 57.5 Å². The molecule has 1 aliphatic heterocycles. The van der Waals surface area contributed by atoms with Crippen molar-refractivity contribution < 1.29 is 9.13 Å². The minimum absolute atomic E-state index is 0.152. The fourth-order valence-corrected chi connectivity index (χ4v) is 4.43. The molecule has 1 aromatic heterocycles. The van der Waals surface area contributed by atoms with Crippen LogP contribution in [0.25, 0.3) is 11.3 Å². The predicted octanol–water partition coefficient (Wildman–Crippen LogP) is 5.08. The number of nitrogens with zero attached hydrogens (tertiary/aromatic N) is 3. The maximum Gasteiger partial charge on any atom is 0.132 e. The van der Waals surface area contributed by atoms with Crippen molar-refractivity contribution in [3.63, 3.8) is 0 Å². The Morgan fingerprint density at radius 1 is 1.13 bits per heavy atom.